The second-order valence-corrected chi connectivity index (χ2v) is 9.55. The Hall–Kier alpha value is -2.88. The van der Waals surface area contributed by atoms with Crippen LogP contribution in [0.5, 0.6) is 0 Å². The zero-order chi connectivity index (χ0) is 24.6. The molecule has 1 fully saturated rings. The second-order valence-electron chi connectivity index (χ2n) is 9.55. The molecule has 10 heteroatoms. The first-order chi connectivity index (χ1) is 15.3. The van der Waals surface area contributed by atoms with Crippen LogP contribution >= 0.6 is 0 Å². The van der Waals surface area contributed by atoms with Gasteiger partial charge in [0, 0.05) is 18.2 Å². The van der Waals surface area contributed by atoms with Gasteiger partial charge < -0.3 is 17.2 Å². The van der Waals surface area contributed by atoms with Gasteiger partial charge in [0.25, 0.3) is 5.91 Å². The Balaban J connectivity index is 0.000000374. The highest BCUT2D eigenvalue weighted by molar-refractivity contribution is 6.00. The molecule has 1 aromatic heterocycles. The van der Waals surface area contributed by atoms with Crippen molar-refractivity contribution in [3.05, 3.63) is 40.7 Å². The number of nitrogen functional groups attached to an aromatic ring is 1. The summed E-state index contributed by atoms with van der Waals surface area (Å²) in [7, 11) is 0. The highest BCUT2D eigenvalue weighted by Crippen LogP contribution is 2.41. The third kappa shape index (κ3) is 5.55. The molecule has 1 amide bonds. The highest BCUT2D eigenvalue weighted by atomic mass is 19.4. The molecule has 1 aromatic carbocycles. The number of hydrogen-bond donors (Lipinski definition) is 3. The Bertz CT molecular complexity index is 1050. The lowest BCUT2D eigenvalue weighted by atomic mass is 9.75. The molecule has 0 atom stereocenters. The molecule has 0 radical (unpaired) electrons. The van der Waals surface area contributed by atoms with Crippen LogP contribution in [0, 0.1) is 5.41 Å². The van der Waals surface area contributed by atoms with Gasteiger partial charge in [0.1, 0.15) is 0 Å². The lowest BCUT2D eigenvalue weighted by Crippen LogP contribution is -2.29. The maximum absolute atomic E-state index is 13.4. The first-order valence-electron chi connectivity index (χ1n) is 11.0. The van der Waals surface area contributed by atoms with Gasteiger partial charge in [-0.15, -0.1) is 0 Å². The fraction of sp³-hybridized carbons (Fsp3) is 0.522. The average molecular weight is 466 g/mol. The maximum atomic E-state index is 13.4. The van der Waals surface area contributed by atoms with Crippen molar-refractivity contribution < 1.29 is 22.8 Å². The van der Waals surface area contributed by atoms with Crippen LogP contribution in [0.15, 0.2) is 18.2 Å². The summed E-state index contributed by atoms with van der Waals surface area (Å²) in [6.45, 7) is 3.62. The van der Waals surface area contributed by atoms with E-state index in [4.69, 9.17) is 17.2 Å². The van der Waals surface area contributed by atoms with Crippen molar-refractivity contribution in [2.24, 2.45) is 16.9 Å². The maximum Gasteiger partial charge on any atom is 0.435 e. The number of nitrogens with zero attached hydrogens (tertiary/aromatic N) is 2. The van der Waals surface area contributed by atoms with Gasteiger partial charge in [-0.25, -0.2) is 4.68 Å². The standard InChI is InChI=1S/C17H17F3N4O2.C6H13N/c1-16(2)6-11-13(12(25)7-16)14(17(18,19)20)23-24(11)8-3-4-9(15(22)26)10(21)5-8;7-6-4-2-1-3-5-6/h3-5H,6-7,21H2,1-2H3,(H2,22,26);6H,1-5,7H2. The summed E-state index contributed by atoms with van der Waals surface area (Å²) in [5, 5.41) is 3.66. The van der Waals surface area contributed by atoms with E-state index >= 15 is 0 Å². The Morgan fingerprint density at radius 3 is 2.27 bits per heavy atom. The molecule has 0 spiro atoms. The quantitative estimate of drug-likeness (QED) is 0.577. The predicted molar refractivity (Wildman–Crippen MR) is 119 cm³/mol. The predicted octanol–water partition coefficient (Wildman–Crippen LogP) is 4.01. The van der Waals surface area contributed by atoms with E-state index in [1.165, 1.54) is 50.3 Å². The molecule has 0 aliphatic heterocycles. The van der Waals surface area contributed by atoms with Gasteiger partial charge in [0.2, 0.25) is 0 Å². The summed E-state index contributed by atoms with van der Waals surface area (Å²) in [6.07, 6.45) is 2.16. The molecule has 4 rings (SSSR count). The van der Waals surface area contributed by atoms with Crippen LogP contribution in [0.2, 0.25) is 0 Å². The summed E-state index contributed by atoms with van der Waals surface area (Å²) in [5.41, 5.74) is 15.0. The minimum absolute atomic E-state index is 0.0114. The smallest absolute Gasteiger partial charge is 0.398 e. The second kappa shape index (κ2) is 9.17. The molecule has 0 bridgehead atoms. The van der Waals surface area contributed by atoms with Crippen molar-refractivity contribution in [2.45, 2.75) is 71.0 Å². The van der Waals surface area contributed by atoms with E-state index in [-0.39, 0.29) is 35.5 Å². The zero-order valence-corrected chi connectivity index (χ0v) is 18.8. The van der Waals surface area contributed by atoms with Crippen molar-refractivity contribution in [1.29, 1.82) is 0 Å². The SMILES string of the molecule is CC1(C)CC(=O)c2c(C(F)(F)F)nn(-c3ccc(C(N)=O)c(N)c3)c2C1.NC1CCCCC1. The number of amides is 1. The van der Waals surface area contributed by atoms with Crippen LogP contribution in [-0.2, 0) is 12.6 Å². The Morgan fingerprint density at radius 2 is 1.79 bits per heavy atom. The number of nitrogens with two attached hydrogens (primary N) is 3. The average Bonchev–Trinajstić information content (AvgIpc) is 3.07. The van der Waals surface area contributed by atoms with E-state index in [1.54, 1.807) is 0 Å². The van der Waals surface area contributed by atoms with Crippen molar-refractivity contribution in [2.75, 3.05) is 5.73 Å². The molecule has 1 heterocycles. The molecular formula is C23H30F3N5O2. The third-order valence-electron chi connectivity index (χ3n) is 6.01. The number of alkyl halides is 3. The zero-order valence-electron chi connectivity index (χ0n) is 18.8. The van der Waals surface area contributed by atoms with Gasteiger partial charge in [0.15, 0.2) is 11.5 Å². The topological polar surface area (TPSA) is 130 Å². The first kappa shape index (κ1) is 24.8. The molecule has 6 N–H and O–H groups in total. The number of halogens is 3. The Morgan fingerprint density at radius 1 is 1.15 bits per heavy atom. The minimum Gasteiger partial charge on any atom is -0.398 e. The number of aromatic nitrogens is 2. The Labute approximate surface area is 190 Å². The summed E-state index contributed by atoms with van der Waals surface area (Å²) < 4.78 is 41.3. The van der Waals surface area contributed by atoms with Gasteiger partial charge in [-0.3, -0.25) is 9.59 Å². The molecular weight excluding hydrogens is 435 g/mol. The molecule has 7 nitrogen and oxygen atoms in total. The number of anilines is 1. The van der Waals surface area contributed by atoms with Crippen molar-refractivity contribution >= 4 is 17.4 Å². The molecule has 0 saturated heterocycles. The normalized spacial score (nSPS) is 18.3. The number of Topliss-reactive ketones (excluding diaryl/α,β-unsaturated/α-hetero) is 1. The number of rotatable bonds is 2. The van der Waals surface area contributed by atoms with Crippen molar-refractivity contribution in [3.63, 3.8) is 0 Å². The largest absolute Gasteiger partial charge is 0.435 e. The summed E-state index contributed by atoms with van der Waals surface area (Å²) >= 11 is 0. The monoisotopic (exact) mass is 465 g/mol. The van der Waals surface area contributed by atoms with Gasteiger partial charge in [-0.05, 0) is 42.9 Å². The van der Waals surface area contributed by atoms with Crippen molar-refractivity contribution in [1.82, 2.24) is 9.78 Å². The number of fused-ring (bicyclic) bond motifs is 1. The van der Waals surface area contributed by atoms with Gasteiger partial charge in [-0.1, -0.05) is 33.1 Å². The van der Waals surface area contributed by atoms with Gasteiger partial charge >= 0.3 is 6.18 Å². The molecule has 2 aromatic rings. The van der Waals surface area contributed by atoms with E-state index in [0.717, 1.165) is 4.68 Å². The number of benzene rings is 1. The van der Waals surface area contributed by atoms with E-state index in [9.17, 15) is 22.8 Å². The number of carbonyl (C=O) groups excluding carboxylic acids is 2. The fourth-order valence-electron chi connectivity index (χ4n) is 4.40. The summed E-state index contributed by atoms with van der Waals surface area (Å²) in [6, 6.07) is 4.58. The molecule has 2 aliphatic carbocycles. The summed E-state index contributed by atoms with van der Waals surface area (Å²) in [5.74, 6) is -1.33. The minimum atomic E-state index is -4.76. The van der Waals surface area contributed by atoms with Crippen LogP contribution in [0.1, 0.15) is 84.5 Å². The van der Waals surface area contributed by atoms with Crippen LogP contribution < -0.4 is 17.2 Å². The molecule has 33 heavy (non-hydrogen) atoms. The Kier molecular flexibility index (Phi) is 6.88. The molecule has 0 unspecified atom stereocenters. The molecule has 2 aliphatic rings. The van der Waals surface area contributed by atoms with Crippen LogP contribution in [0.3, 0.4) is 0 Å². The number of primary amides is 1. The van der Waals surface area contributed by atoms with Crippen LogP contribution in [-0.4, -0.2) is 27.5 Å². The van der Waals surface area contributed by atoms with E-state index in [2.05, 4.69) is 5.10 Å². The van der Waals surface area contributed by atoms with Gasteiger partial charge in [0.05, 0.1) is 22.5 Å². The highest BCUT2D eigenvalue weighted by Gasteiger charge is 2.45. The first-order valence-corrected chi connectivity index (χ1v) is 11.0. The third-order valence-corrected chi connectivity index (χ3v) is 6.01. The van der Waals surface area contributed by atoms with Crippen molar-refractivity contribution in [3.8, 4) is 5.69 Å². The van der Waals surface area contributed by atoms with Crippen LogP contribution in [0.25, 0.3) is 5.69 Å². The van der Waals surface area contributed by atoms with E-state index in [0.29, 0.717) is 6.04 Å². The fourth-order valence-corrected chi connectivity index (χ4v) is 4.40. The number of ketones is 1. The number of hydrogen-bond acceptors (Lipinski definition) is 5. The lowest BCUT2D eigenvalue weighted by molar-refractivity contribution is -0.141. The molecule has 1 saturated carbocycles. The van der Waals surface area contributed by atoms with E-state index in [1.807, 2.05) is 13.8 Å². The summed E-state index contributed by atoms with van der Waals surface area (Å²) in [4.78, 5) is 23.7. The lowest BCUT2D eigenvalue weighted by Gasteiger charge is -2.29. The van der Waals surface area contributed by atoms with Gasteiger partial charge in [-0.2, -0.15) is 18.3 Å². The van der Waals surface area contributed by atoms with E-state index < -0.39 is 34.5 Å². The van der Waals surface area contributed by atoms with Crippen LogP contribution in [0.4, 0.5) is 18.9 Å². The molecule has 180 valence electrons. The number of carbonyl (C=O) groups is 2.